The van der Waals surface area contributed by atoms with E-state index in [4.69, 9.17) is 10.2 Å². The van der Waals surface area contributed by atoms with Crippen LogP contribution in [-0.2, 0) is 0 Å². The summed E-state index contributed by atoms with van der Waals surface area (Å²) in [5.41, 5.74) is 0.360. The summed E-state index contributed by atoms with van der Waals surface area (Å²) in [5, 5.41) is 26.6. The number of aromatic nitrogens is 2. The van der Waals surface area contributed by atoms with Gasteiger partial charge in [-0.1, -0.05) is 19.3 Å². The van der Waals surface area contributed by atoms with Crippen molar-refractivity contribution in [3.05, 3.63) is 11.8 Å². The van der Waals surface area contributed by atoms with Crippen molar-refractivity contribution in [3.8, 4) is 0 Å². The van der Waals surface area contributed by atoms with Crippen LogP contribution < -0.4 is 16.0 Å². The van der Waals surface area contributed by atoms with Gasteiger partial charge in [-0.2, -0.15) is 4.98 Å². The third kappa shape index (κ3) is 5.33. The largest absolute Gasteiger partial charge is 0.395 e. The molecule has 1 aromatic heterocycles. The van der Waals surface area contributed by atoms with Crippen LogP contribution in [0.4, 0.5) is 11.8 Å². The maximum atomic E-state index is 12.2. The van der Waals surface area contributed by atoms with Crippen LogP contribution in [0.15, 0.2) is 6.20 Å². The lowest BCUT2D eigenvalue weighted by atomic mass is 9.95. The molecule has 0 atom stereocenters. The van der Waals surface area contributed by atoms with Gasteiger partial charge < -0.3 is 26.2 Å². The second-order valence-electron chi connectivity index (χ2n) is 5.57. The zero-order valence-corrected chi connectivity index (χ0v) is 13.2. The number of anilines is 2. The summed E-state index contributed by atoms with van der Waals surface area (Å²) in [6, 6.07) is 0.300. The number of hydrogen-bond donors (Lipinski definition) is 5. The summed E-state index contributed by atoms with van der Waals surface area (Å²) in [5.74, 6) is 0.546. The Bertz CT molecular complexity index is 506. The minimum absolute atomic E-state index is 0.0204. The van der Waals surface area contributed by atoms with Crippen LogP contribution in [0.5, 0.6) is 0 Å². The van der Waals surface area contributed by atoms with Crippen LogP contribution in [0.3, 0.4) is 0 Å². The van der Waals surface area contributed by atoms with Crippen LogP contribution in [0.2, 0.25) is 0 Å². The molecule has 1 fully saturated rings. The molecule has 8 nitrogen and oxygen atoms in total. The van der Waals surface area contributed by atoms with Gasteiger partial charge in [0.05, 0.1) is 13.2 Å². The van der Waals surface area contributed by atoms with Crippen molar-refractivity contribution in [2.24, 2.45) is 0 Å². The molecule has 128 valence electrons. The monoisotopic (exact) mass is 323 g/mol. The summed E-state index contributed by atoms with van der Waals surface area (Å²) in [4.78, 5) is 20.7. The van der Waals surface area contributed by atoms with Gasteiger partial charge in [0.15, 0.2) is 0 Å². The van der Waals surface area contributed by atoms with Gasteiger partial charge in [0.25, 0.3) is 5.91 Å². The zero-order chi connectivity index (χ0) is 16.5. The van der Waals surface area contributed by atoms with E-state index in [0.29, 0.717) is 29.9 Å². The number of aliphatic hydroxyl groups is 2. The Morgan fingerprint density at radius 2 is 1.91 bits per heavy atom. The van der Waals surface area contributed by atoms with Crippen molar-refractivity contribution in [3.63, 3.8) is 0 Å². The molecule has 8 heteroatoms. The number of rotatable bonds is 8. The van der Waals surface area contributed by atoms with Crippen molar-refractivity contribution in [2.75, 3.05) is 36.9 Å². The molecule has 1 heterocycles. The molecule has 0 bridgehead atoms. The molecule has 5 N–H and O–H groups in total. The highest BCUT2D eigenvalue weighted by Crippen LogP contribution is 2.23. The smallest absolute Gasteiger partial charge is 0.256 e. The molecule has 0 saturated heterocycles. The van der Waals surface area contributed by atoms with Gasteiger partial charge in [-0.15, -0.1) is 0 Å². The average Bonchev–Trinajstić information content (AvgIpc) is 2.59. The summed E-state index contributed by atoms with van der Waals surface area (Å²) < 4.78 is 0. The van der Waals surface area contributed by atoms with Crippen molar-refractivity contribution in [2.45, 2.75) is 38.1 Å². The Morgan fingerprint density at radius 1 is 1.17 bits per heavy atom. The quantitative estimate of drug-likeness (QED) is 0.468. The van der Waals surface area contributed by atoms with E-state index in [0.717, 1.165) is 12.8 Å². The van der Waals surface area contributed by atoms with Gasteiger partial charge in [0.2, 0.25) is 5.95 Å². The minimum atomic E-state index is -0.314. The fourth-order valence-electron chi connectivity index (χ4n) is 2.62. The molecule has 0 aromatic carbocycles. The second-order valence-corrected chi connectivity index (χ2v) is 5.57. The highest BCUT2D eigenvalue weighted by Gasteiger charge is 2.19. The molecule has 2 rings (SSSR count). The summed E-state index contributed by atoms with van der Waals surface area (Å²) >= 11 is 0. The van der Waals surface area contributed by atoms with E-state index in [1.807, 2.05) is 0 Å². The maximum Gasteiger partial charge on any atom is 0.256 e. The number of hydrogen-bond acceptors (Lipinski definition) is 7. The molecule has 1 saturated carbocycles. The highest BCUT2D eigenvalue weighted by molar-refractivity contribution is 5.98. The van der Waals surface area contributed by atoms with E-state index in [1.165, 1.54) is 25.5 Å². The fraction of sp³-hybridized carbons (Fsp3) is 0.667. The molecule has 1 aliphatic carbocycles. The van der Waals surface area contributed by atoms with Crippen molar-refractivity contribution < 1.29 is 15.0 Å². The van der Waals surface area contributed by atoms with Crippen LogP contribution in [-0.4, -0.2) is 58.4 Å². The van der Waals surface area contributed by atoms with Gasteiger partial charge in [0, 0.05) is 25.3 Å². The molecule has 0 spiro atoms. The van der Waals surface area contributed by atoms with Gasteiger partial charge in [-0.3, -0.25) is 4.79 Å². The third-order valence-electron chi connectivity index (χ3n) is 3.77. The van der Waals surface area contributed by atoms with Gasteiger partial charge in [0.1, 0.15) is 11.4 Å². The highest BCUT2D eigenvalue weighted by atomic mass is 16.3. The minimum Gasteiger partial charge on any atom is -0.395 e. The molecule has 0 radical (unpaired) electrons. The standard InChI is InChI=1S/C15H25N5O3/c21-8-6-16-14(23)12-10-18-15(17-7-9-22)20-13(12)19-11-4-2-1-3-5-11/h10-11,21-22H,1-9H2,(H,16,23)(H2,17,18,19,20). The average molecular weight is 323 g/mol. The number of nitrogens with zero attached hydrogens (tertiary/aromatic N) is 2. The topological polar surface area (TPSA) is 119 Å². The lowest BCUT2D eigenvalue weighted by Crippen LogP contribution is -2.30. The molecule has 0 aliphatic heterocycles. The van der Waals surface area contributed by atoms with Crippen LogP contribution in [0.1, 0.15) is 42.5 Å². The van der Waals surface area contributed by atoms with Crippen LogP contribution in [0, 0.1) is 0 Å². The molecule has 1 aromatic rings. The van der Waals surface area contributed by atoms with Crippen LogP contribution in [0.25, 0.3) is 0 Å². The number of carbonyl (C=O) groups is 1. The first kappa shape index (κ1) is 17.4. The van der Waals surface area contributed by atoms with Gasteiger partial charge in [-0.25, -0.2) is 4.98 Å². The molecule has 1 aliphatic rings. The molecule has 1 amide bonds. The Hall–Kier alpha value is -1.93. The first-order chi connectivity index (χ1) is 11.2. The lowest BCUT2D eigenvalue weighted by molar-refractivity contribution is 0.0945. The van der Waals surface area contributed by atoms with E-state index >= 15 is 0 Å². The Morgan fingerprint density at radius 3 is 2.61 bits per heavy atom. The number of carbonyl (C=O) groups excluding carboxylic acids is 1. The predicted octanol–water partition coefficient (Wildman–Crippen LogP) is 0.347. The summed E-state index contributed by atoms with van der Waals surface area (Å²) in [6.45, 7) is 0.396. The first-order valence-corrected chi connectivity index (χ1v) is 8.12. The maximum absolute atomic E-state index is 12.2. The molecular weight excluding hydrogens is 298 g/mol. The summed E-state index contributed by atoms with van der Waals surface area (Å²) in [7, 11) is 0. The van der Waals surface area contributed by atoms with E-state index in [-0.39, 0.29) is 25.7 Å². The number of nitrogens with one attached hydrogen (secondary N) is 3. The van der Waals surface area contributed by atoms with Crippen LogP contribution >= 0.6 is 0 Å². The summed E-state index contributed by atoms with van der Waals surface area (Å²) in [6.07, 6.45) is 7.16. The predicted molar refractivity (Wildman–Crippen MR) is 87.5 cm³/mol. The second kappa shape index (κ2) is 9.26. The van der Waals surface area contributed by atoms with E-state index in [2.05, 4.69) is 25.9 Å². The third-order valence-corrected chi connectivity index (χ3v) is 3.77. The van der Waals surface area contributed by atoms with E-state index < -0.39 is 0 Å². The SMILES string of the molecule is O=C(NCCO)c1cnc(NCCO)nc1NC1CCCCC1. The fourth-order valence-corrected chi connectivity index (χ4v) is 2.62. The Labute approximate surface area is 135 Å². The van der Waals surface area contributed by atoms with Gasteiger partial charge >= 0.3 is 0 Å². The van der Waals surface area contributed by atoms with Crippen molar-refractivity contribution in [1.29, 1.82) is 0 Å². The van der Waals surface area contributed by atoms with Gasteiger partial charge in [-0.05, 0) is 12.8 Å². The number of amides is 1. The Balaban J connectivity index is 2.15. The molecule has 0 unspecified atom stereocenters. The molecule has 23 heavy (non-hydrogen) atoms. The van der Waals surface area contributed by atoms with E-state index in [1.54, 1.807) is 0 Å². The zero-order valence-electron chi connectivity index (χ0n) is 13.2. The lowest BCUT2D eigenvalue weighted by Gasteiger charge is -2.24. The normalized spacial score (nSPS) is 15.2. The molecular formula is C15H25N5O3. The van der Waals surface area contributed by atoms with E-state index in [9.17, 15) is 4.79 Å². The number of aliphatic hydroxyl groups excluding tert-OH is 2. The van der Waals surface area contributed by atoms with Crippen molar-refractivity contribution >= 4 is 17.7 Å². The Kier molecular flexibility index (Phi) is 7.02. The first-order valence-electron chi connectivity index (χ1n) is 8.12. The van der Waals surface area contributed by atoms with Crippen molar-refractivity contribution in [1.82, 2.24) is 15.3 Å².